The van der Waals surface area contributed by atoms with Gasteiger partial charge >= 0.3 is 5.97 Å². The first-order valence-electron chi connectivity index (χ1n) is 18.4. The molecule has 4 aromatic rings. The largest absolute Gasteiger partial charge is 0.504 e. The monoisotopic (exact) mass is 734 g/mol. The Hall–Kier alpha value is -4.41. The first-order valence-corrected chi connectivity index (χ1v) is 19.4. The molecule has 0 unspecified atom stereocenters. The van der Waals surface area contributed by atoms with E-state index in [0.29, 0.717) is 41.7 Å². The molecule has 2 fully saturated rings. The number of methoxy groups -OCH3 is 1. The summed E-state index contributed by atoms with van der Waals surface area (Å²) in [5, 5.41) is 27.5. The van der Waals surface area contributed by atoms with Crippen LogP contribution in [-0.2, 0) is 27.9 Å². The molecule has 2 saturated heterocycles. The summed E-state index contributed by atoms with van der Waals surface area (Å²) < 4.78 is 31.3. The number of piperazine rings is 1. The summed E-state index contributed by atoms with van der Waals surface area (Å²) in [5.41, 5.74) is 8.53. The van der Waals surface area contributed by atoms with E-state index < -0.39 is 23.6 Å². The normalized spacial score (nSPS) is 29.9. The number of phenolic OH excluding ortho intramolecular Hbond substituents is 1. The number of ether oxygens (including phenoxy) is 4. The number of aryl methyl sites for hydroxylation is 2. The van der Waals surface area contributed by atoms with Crippen molar-refractivity contribution in [1.82, 2.24) is 15.1 Å². The molecule has 7 aliphatic rings. The average molecular weight is 735 g/mol. The number of benzene rings is 3. The molecule has 1 aromatic heterocycles. The number of rotatable bonds is 1. The van der Waals surface area contributed by atoms with Crippen molar-refractivity contribution < 1.29 is 33.3 Å². The quantitative estimate of drug-likeness (QED) is 0.233. The Morgan fingerprint density at radius 3 is 2.68 bits per heavy atom. The molecule has 0 saturated carbocycles. The van der Waals surface area contributed by atoms with Gasteiger partial charge in [-0.25, -0.2) is 4.79 Å². The molecule has 0 amide bonds. The van der Waals surface area contributed by atoms with Gasteiger partial charge < -0.3 is 28.5 Å². The number of phenols is 1. The van der Waals surface area contributed by atoms with Crippen molar-refractivity contribution in [2.75, 3.05) is 39.9 Å². The molecule has 2 N–H and O–H groups in total. The maximum atomic E-state index is 14.8. The number of hydrogen-bond donors (Lipinski definition) is 2. The van der Waals surface area contributed by atoms with E-state index in [9.17, 15) is 15.2 Å². The van der Waals surface area contributed by atoms with Gasteiger partial charge in [-0.15, -0.1) is 11.8 Å². The number of nitrogens with one attached hydrogen (secondary N) is 1. The highest BCUT2D eigenvalue weighted by Crippen LogP contribution is 2.63. The predicted molar refractivity (Wildman–Crippen MR) is 198 cm³/mol. The van der Waals surface area contributed by atoms with E-state index in [4.69, 9.17) is 23.4 Å². The molecular weight excluding hydrogens is 693 g/mol. The first-order chi connectivity index (χ1) is 25.6. The number of nitrogens with zero attached hydrogens (tertiary/aromatic N) is 3. The second kappa shape index (κ2) is 11.5. The lowest BCUT2D eigenvalue weighted by Crippen LogP contribution is -2.69. The van der Waals surface area contributed by atoms with Crippen molar-refractivity contribution in [3.8, 4) is 29.1 Å². The van der Waals surface area contributed by atoms with E-state index in [0.717, 1.165) is 67.5 Å². The molecule has 0 aliphatic carbocycles. The number of thioether (sulfide) groups is 1. The number of aromatic hydroxyl groups is 1. The fourth-order valence-corrected chi connectivity index (χ4v) is 12.3. The minimum atomic E-state index is -1.24. The van der Waals surface area contributed by atoms with Crippen LogP contribution < -0.4 is 19.5 Å². The van der Waals surface area contributed by atoms with E-state index >= 15 is 0 Å². The molecule has 11 rings (SSSR count). The molecule has 4 bridgehead atoms. The second-order valence-electron chi connectivity index (χ2n) is 15.5. The van der Waals surface area contributed by atoms with Gasteiger partial charge in [0, 0.05) is 51.7 Å². The standard InChI is InChI=1S/C41H42N4O7S/c1-18-7-8-28-24(11-18)23-9-10-43-41(39(23)52-28)16-53-38-29-20(3)21(4)36-37(51-17-50-36)31(29)27(15-49-40(41)47)45-26(14-42)25-13-22-12-19(2)35(48-6)34(46)30(22)32(33(38)45)44(25)5/h7-8,11-12,25-27,32-33,38,43,46H,9-10,13,15-17H2,1-6H3/t25-,26-,27-,32+,33+,38+,41+/m0/s1. The number of fused-ring (bicyclic) bond motifs is 11. The Morgan fingerprint density at radius 1 is 1.08 bits per heavy atom. The molecule has 7 aliphatic heterocycles. The maximum absolute atomic E-state index is 14.8. The minimum absolute atomic E-state index is 0.00644. The molecule has 12 heteroatoms. The zero-order valence-electron chi connectivity index (χ0n) is 30.7. The van der Waals surface area contributed by atoms with E-state index in [1.165, 1.54) is 0 Å². The maximum Gasteiger partial charge on any atom is 0.335 e. The fraction of sp³-hybridized carbons (Fsp3) is 0.463. The second-order valence-corrected chi connectivity index (χ2v) is 16.7. The Kier molecular flexibility index (Phi) is 7.23. The number of carbonyl (C=O) groups excluding carboxylic acids is 1. The number of nitriles is 1. The topological polar surface area (TPSA) is 130 Å². The lowest BCUT2D eigenvalue weighted by atomic mass is 9.71. The van der Waals surface area contributed by atoms with Crippen molar-refractivity contribution in [1.29, 1.82) is 5.26 Å². The summed E-state index contributed by atoms with van der Waals surface area (Å²) in [4.78, 5) is 19.4. The van der Waals surface area contributed by atoms with Gasteiger partial charge in [0.1, 0.15) is 24.0 Å². The van der Waals surface area contributed by atoms with E-state index in [2.05, 4.69) is 61.1 Å². The van der Waals surface area contributed by atoms with E-state index in [1.54, 1.807) is 18.9 Å². The molecule has 11 nitrogen and oxygen atoms in total. The van der Waals surface area contributed by atoms with Crippen LogP contribution >= 0.6 is 11.8 Å². The highest BCUT2D eigenvalue weighted by molar-refractivity contribution is 7.99. The molecular formula is C41H42N4O7S. The SMILES string of the molecule is COc1c(C)cc2c(c1O)[C@@H]1[C@@H]3[C@@H]4SC[C@]5(NCCc6c5oc5ccc(C)cc65)C(=O)OC[C@@H](c5c6c(c(C)c(C)c54)OCO6)N3[C@@H](C#N)[C@H](C2)N1C. The van der Waals surface area contributed by atoms with Gasteiger partial charge in [0.15, 0.2) is 28.5 Å². The highest BCUT2D eigenvalue weighted by Gasteiger charge is 2.61. The van der Waals surface area contributed by atoms with Crippen molar-refractivity contribution in [3.63, 3.8) is 0 Å². The van der Waals surface area contributed by atoms with Gasteiger partial charge in [0.25, 0.3) is 0 Å². The van der Waals surface area contributed by atoms with Crippen molar-refractivity contribution in [2.24, 2.45) is 0 Å². The van der Waals surface area contributed by atoms with Gasteiger partial charge in [-0.3, -0.25) is 15.1 Å². The van der Waals surface area contributed by atoms with Crippen molar-refractivity contribution >= 4 is 28.7 Å². The van der Waals surface area contributed by atoms with Gasteiger partial charge in [-0.1, -0.05) is 17.7 Å². The third-order valence-electron chi connectivity index (χ3n) is 13.0. The minimum Gasteiger partial charge on any atom is -0.504 e. The number of esters is 1. The summed E-state index contributed by atoms with van der Waals surface area (Å²) >= 11 is 1.68. The summed E-state index contributed by atoms with van der Waals surface area (Å²) in [5.74, 6) is 2.51. The Bertz CT molecular complexity index is 2320. The average Bonchev–Trinajstić information content (AvgIpc) is 3.78. The Balaban J connectivity index is 1.23. The smallest absolute Gasteiger partial charge is 0.335 e. The van der Waals surface area contributed by atoms with Gasteiger partial charge in [0.2, 0.25) is 6.79 Å². The molecule has 8 heterocycles. The Morgan fingerprint density at radius 2 is 1.89 bits per heavy atom. The molecule has 53 heavy (non-hydrogen) atoms. The van der Waals surface area contributed by atoms with E-state index in [1.807, 2.05) is 19.1 Å². The summed E-state index contributed by atoms with van der Waals surface area (Å²) in [6.07, 6.45) is 1.30. The van der Waals surface area contributed by atoms with Crippen LogP contribution in [0.1, 0.15) is 73.2 Å². The third-order valence-corrected chi connectivity index (χ3v) is 14.5. The lowest BCUT2D eigenvalue weighted by Gasteiger charge is -2.62. The molecule has 274 valence electrons. The van der Waals surface area contributed by atoms with Crippen LogP contribution in [-0.4, -0.2) is 78.9 Å². The van der Waals surface area contributed by atoms with Crippen LogP contribution in [0.25, 0.3) is 11.0 Å². The lowest BCUT2D eigenvalue weighted by molar-refractivity contribution is -0.158. The van der Waals surface area contributed by atoms with Gasteiger partial charge in [-0.2, -0.15) is 5.26 Å². The Labute approximate surface area is 312 Å². The number of furan rings is 1. The van der Waals surface area contributed by atoms with Crippen LogP contribution in [0.4, 0.5) is 0 Å². The molecule has 0 radical (unpaired) electrons. The predicted octanol–water partition coefficient (Wildman–Crippen LogP) is 5.71. The van der Waals surface area contributed by atoms with Crippen LogP contribution in [0, 0.1) is 39.0 Å². The number of likely N-dealkylation sites (N-methyl/N-ethyl adjacent to an activating group) is 1. The third kappa shape index (κ3) is 4.25. The van der Waals surface area contributed by atoms with Crippen LogP contribution in [0.3, 0.4) is 0 Å². The summed E-state index contributed by atoms with van der Waals surface area (Å²) in [6.45, 7) is 8.90. The highest BCUT2D eigenvalue weighted by atomic mass is 32.2. The molecule has 1 spiro atoms. The number of hydrogen-bond acceptors (Lipinski definition) is 12. The van der Waals surface area contributed by atoms with Crippen molar-refractivity contribution in [3.05, 3.63) is 80.1 Å². The summed E-state index contributed by atoms with van der Waals surface area (Å²) in [7, 11) is 3.67. The zero-order valence-corrected chi connectivity index (χ0v) is 31.5. The van der Waals surface area contributed by atoms with Crippen LogP contribution in [0.2, 0.25) is 0 Å². The molecule has 3 aromatic carbocycles. The summed E-state index contributed by atoms with van der Waals surface area (Å²) in [6, 6.07) is 9.11. The van der Waals surface area contributed by atoms with Gasteiger partial charge in [0.05, 0.1) is 25.3 Å². The zero-order chi connectivity index (χ0) is 36.7. The van der Waals surface area contributed by atoms with Gasteiger partial charge in [-0.05, 0) is 87.5 Å². The first kappa shape index (κ1) is 33.2. The van der Waals surface area contributed by atoms with Crippen molar-refractivity contribution in [2.45, 2.75) is 81.5 Å². The fourth-order valence-electron chi connectivity index (χ4n) is 10.6. The van der Waals surface area contributed by atoms with Crippen LogP contribution in [0.5, 0.6) is 23.0 Å². The molecule has 7 atom stereocenters. The van der Waals surface area contributed by atoms with Crippen LogP contribution in [0.15, 0.2) is 28.7 Å². The number of carbonyl (C=O) groups is 1. The van der Waals surface area contributed by atoms with E-state index in [-0.39, 0.29) is 42.5 Å².